The largest absolute Gasteiger partial charge is 0.348 e. The second-order valence-electron chi connectivity index (χ2n) is 4.18. The molecule has 17 heavy (non-hydrogen) atoms. The molecule has 0 aromatic heterocycles. The molecule has 1 aromatic rings. The summed E-state index contributed by atoms with van der Waals surface area (Å²) in [5, 5.41) is 3.07. The molecule has 5 heteroatoms. The second kappa shape index (κ2) is 5.85. The lowest BCUT2D eigenvalue weighted by atomic mass is 10.2. The van der Waals surface area contributed by atoms with Gasteiger partial charge in [-0.05, 0) is 31.0 Å². The van der Waals surface area contributed by atoms with Crippen LogP contribution in [0.4, 0.5) is 0 Å². The highest BCUT2D eigenvalue weighted by Gasteiger charge is 2.26. The predicted octanol–water partition coefficient (Wildman–Crippen LogP) is 4.26. The molecular formula is C12H12Br3NO. The summed E-state index contributed by atoms with van der Waals surface area (Å²) in [6.07, 6.45) is 3.35. The van der Waals surface area contributed by atoms with Crippen molar-refractivity contribution in [2.45, 2.75) is 30.1 Å². The Bertz CT molecular complexity index is 416. The summed E-state index contributed by atoms with van der Waals surface area (Å²) in [6, 6.07) is 5.83. The molecule has 1 N–H and O–H groups in total. The average Bonchev–Trinajstić information content (AvgIpc) is 2.63. The first-order valence-corrected chi connectivity index (χ1v) is 7.97. The molecule has 1 fully saturated rings. The van der Waals surface area contributed by atoms with Crippen molar-refractivity contribution in [1.82, 2.24) is 5.32 Å². The average molecular weight is 426 g/mol. The van der Waals surface area contributed by atoms with Crippen LogP contribution in [0.25, 0.3) is 0 Å². The van der Waals surface area contributed by atoms with Gasteiger partial charge >= 0.3 is 0 Å². The van der Waals surface area contributed by atoms with Gasteiger partial charge in [-0.15, -0.1) is 0 Å². The van der Waals surface area contributed by atoms with E-state index >= 15 is 0 Å². The quantitative estimate of drug-likeness (QED) is 0.705. The molecule has 0 aliphatic heterocycles. The van der Waals surface area contributed by atoms with Crippen molar-refractivity contribution in [2.75, 3.05) is 0 Å². The van der Waals surface area contributed by atoms with Crippen molar-refractivity contribution in [3.8, 4) is 0 Å². The molecule has 0 radical (unpaired) electrons. The third-order valence-corrected chi connectivity index (χ3v) is 4.88. The Kier molecular flexibility index (Phi) is 4.66. The number of hydrogen-bond donors (Lipinski definition) is 1. The number of carbonyl (C=O) groups excluding carboxylic acids is 1. The second-order valence-corrected chi connectivity index (χ2v) is 7.19. The van der Waals surface area contributed by atoms with E-state index < -0.39 is 0 Å². The van der Waals surface area contributed by atoms with Gasteiger partial charge in [0.15, 0.2) is 0 Å². The Morgan fingerprint density at radius 2 is 1.82 bits per heavy atom. The third kappa shape index (κ3) is 3.55. The van der Waals surface area contributed by atoms with E-state index in [9.17, 15) is 4.79 Å². The minimum Gasteiger partial charge on any atom is -0.348 e. The minimum atomic E-state index is -0.0108. The maximum Gasteiger partial charge on any atom is 0.251 e. The summed E-state index contributed by atoms with van der Waals surface area (Å²) in [5.41, 5.74) is 0.679. The maximum atomic E-state index is 12.1. The summed E-state index contributed by atoms with van der Waals surface area (Å²) in [5.74, 6) is -0.0108. The normalized spacial score (nSPS) is 23.7. The number of hydrogen-bond acceptors (Lipinski definition) is 1. The van der Waals surface area contributed by atoms with Gasteiger partial charge in [0.2, 0.25) is 0 Å². The summed E-state index contributed by atoms with van der Waals surface area (Å²) >= 11 is 10.4. The number of halogens is 3. The van der Waals surface area contributed by atoms with Crippen LogP contribution < -0.4 is 5.32 Å². The molecule has 2 nitrogen and oxygen atoms in total. The van der Waals surface area contributed by atoms with E-state index in [0.717, 1.165) is 21.8 Å². The monoisotopic (exact) mass is 423 g/mol. The first-order chi connectivity index (χ1) is 8.06. The zero-order chi connectivity index (χ0) is 12.4. The molecule has 1 amide bonds. The van der Waals surface area contributed by atoms with Gasteiger partial charge in [-0.1, -0.05) is 54.2 Å². The van der Waals surface area contributed by atoms with E-state index in [4.69, 9.17) is 0 Å². The van der Waals surface area contributed by atoms with Crippen LogP contribution in [-0.2, 0) is 0 Å². The molecule has 0 heterocycles. The molecule has 1 aliphatic rings. The zero-order valence-electron chi connectivity index (χ0n) is 9.05. The molecule has 0 spiro atoms. The van der Waals surface area contributed by atoms with Crippen molar-refractivity contribution in [2.24, 2.45) is 0 Å². The van der Waals surface area contributed by atoms with Gasteiger partial charge in [0.05, 0.1) is 0 Å². The number of nitrogens with one attached hydrogen (secondary N) is 1. The van der Waals surface area contributed by atoms with Gasteiger partial charge in [-0.3, -0.25) is 4.79 Å². The first-order valence-electron chi connectivity index (χ1n) is 5.47. The topological polar surface area (TPSA) is 29.1 Å². The number of amides is 1. The smallest absolute Gasteiger partial charge is 0.251 e. The molecule has 1 aromatic carbocycles. The maximum absolute atomic E-state index is 12.1. The van der Waals surface area contributed by atoms with E-state index in [2.05, 4.69) is 53.1 Å². The van der Waals surface area contributed by atoms with E-state index in [1.54, 1.807) is 0 Å². The van der Waals surface area contributed by atoms with Gasteiger partial charge in [0.25, 0.3) is 5.91 Å². The lowest BCUT2D eigenvalue weighted by Gasteiger charge is -2.16. The highest BCUT2D eigenvalue weighted by Crippen LogP contribution is 2.26. The summed E-state index contributed by atoms with van der Waals surface area (Å²) in [4.78, 5) is 12.5. The Labute approximate surface area is 126 Å². The molecule has 2 unspecified atom stereocenters. The molecule has 92 valence electrons. The van der Waals surface area contributed by atoms with E-state index in [1.807, 2.05) is 18.2 Å². The molecular weight excluding hydrogens is 414 g/mol. The van der Waals surface area contributed by atoms with Crippen molar-refractivity contribution >= 4 is 53.7 Å². The lowest BCUT2D eigenvalue weighted by molar-refractivity contribution is 0.0939. The van der Waals surface area contributed by atoms with Crippen LogP contribution in [0.1, 0.15) is 29.6 Å². The van der Waals surface area contributed by atoms with Gasteiger partial charge < -0.3 is 5.32 Å². The fourth-order valence-electron chi connectivity index (χ4n) is 2.01. The van der Waals surface area contributed by atoms with E-state index in [1.165, 1.54) is 6.42 Å². The molecule has 1 saturated carbocycles. The number of rotatable bonds is 2. The van der Waals surface area contributed by atoms with Crippen molar-refractivity contribution in [3.05, 3.63) is 32.7 Å². The fraction of sp³-hybridized carbons (Fsp3) is 0.417. The van der Waals surface area contributed by atoms with Gasteiger partial charge in [0.1, 0.15) is 0 Å². The standard InChI is InChI=1S/C12H12Br3NO/c13-8-4-7(5-9(14)6-8)12(17)16-11-3-1-2-10(11)15/h4-6,10-11H,1-3H2,(H,16,17). The number of alkyl halides is 1. The van der Waals surface area contributed by atoms with Crippen LogP contribution in [0.2, 0.25) is 0 Å². The highest BCUT2D eigenvalue weighted by atomic mass is 79.9. The highest BCUT2D eigenvalue weighted by molar-refractivity contribution is 9.11. The fourth-order valence-corrected chi connectivity index (χ4v) is 4.03. The van der Waals surface area contributed by atoms with Crippen LogP contribution in [0.3, 0.4) is 0 Å². The number of benzene rings is 1. The molecule has 1 aliphatic carbocycles. The summed E-state index contributed by atoms with van der Waals surface area (Å²) in [7, 11) is 0. The summed E-state index contributed by atoms with van der Waals surface area (Å²) in [6.45, 7) is 0. The van der Waals surface area contributed by atoms with Gasteiger partial charge in [0, 0.05) is 25.4 Å². The third-order valence-electron chi connectivity index (χ3n) is 2.87. The SMILES string of the molecule is O=C(NC1CCCC1Br)c1cc(Br)cc(Br)c1. The molecule has 0 bridgehead atoms. The van der Waals surface area contributed by atoms with Crippen LogP contribution in [-0.4, -0.2) is 16.8 Å². The van der Waals surface area contributed by atoms with Crippen LogP contribution in [0.15, 0.2) is 27.1 Å². The van der Waals surface area contributed by atoms with Gasteiger partial charge in [-0.2, -0.15) is 0 Å². The number of carbonyl (C=O) groups is 1. The lowest BCUT2D eigenvalue weighted by Crippen LogP contribution is -2.37. The molecule has 2 rings (SSSR count). The Morgan fingerprint density at radius 3 is 2.35 bits per heavy atom. The van der Waals surface area contributed by atoms with Crippen LogP contribution in [0, 0.1) is 0 Å². The minimum absolute atomic E-state index is 0.0108. The Balaban J connectivity index is 2.09. The van der Waals surface area contributed by atoms with Gasteiger partial charge in [-0.25, -0.2) is 0 Å². The van der Waals surface area contributed by atoms with E-state index in [-0.39, 0.29) is 11.9 Å². The Morgan fingerprint density at radius 1 is 1.18 bits per heavy atom. The van der Waals surface area contributed by atoms with Crippen LogP contribution >= 0.6 is 47.8 Å². The predicted molar refractivity (Wildman–Crippen MR) is 79.7 cm³/mol. The zero-order valence-corrected chi connectivity index (χ0v) is 13.8. The van der Waals surface area contributed by atoms with E-state index in [0.29, 0.717) is 10.4 Å². The van der Waals surface area contributed by atoms with Crippen LogP contribution in [0.5, 0.6) is 0 Å². The van der Waals surface area contributed by atoms with Crippen molar-refractivity contribution in [3.63, 3.8) is 0 Å². The summed E-state index contributed by atoms with van der Waals surface area (Å²) < 4.78 is 1.80. The molecule has 2 atom stereocenters. The molecule has 0 saturated heterocycles. The Hall–Kier alpha value is 0.130. The first kappa shape index (κ1) is 13.6. The van der Waals surface area contributed by atoms with Crippen molar-refractivity contribution < 1.29 is 4.79 Å². The van der Waals surface area contributed by atoms with Crippen molar-refractivity contribution in [1.29, 1.82) is 0 Å².